The molecule has 6 heteroatoms. The second-order valence-electron chi connectivity index (χ2n) is 1.92. The van der Waals surface area contributed by atoms with Gasteiger partial charge in [0, 0.05) is 6.20 Å². The van der Waals surface area contributed by atoms with E-state index >= 15 is 0 Å². The van der Waals surface area contributed by atoms with Gasteiger partial charge in [-0.05, 0) is 12.1 Å². The van der Waals surface area contributed by atoms with E-state index in [-0.39, 0.29) is 5.69 Å². The first-order chi connectivity index (χ1) is 5.70. The summed E-state index contributed by atoms with van der Waals surface area (Å²) in [6.07, 6.45) is -0.0144. The summed E-state index contributed by atoms with van der Waals surface area (Å²) in [6.45, 7) is 0. The molecule has 0 aliphatic heterocycles. The number of hydrogen-bond donors (Lipinski definition) is 2. The van der Waals surface area contributed by atoms with Gasteiger partial charge >= 0.3 is 11.4 Å². The topological polar surface area (TPSA) is 79.7 Å². The molecule has 0 amide bonds. The van der Waals surface area contributed by atoms with Gasteiger partial charge in [-0.1, -0.05) is 6.07 Å². The van der Waals surface area contributed by atoms with Crippen molar-refractivity contribution in [3.8, 4) is 0 Å². The van der Waals surface area contributed by atoms with E-state index in [4.69, 9.17) is 9.66 Å². The zero-order valence-electron chi connectivity index (χ0n) is 5.95. The van der Waals surface area contributed by atoms with Gasteiger partial charge in [0.2, 0.25) is 6.29 Å². The average molecular weight is 189 g/mol. The van der Waals surface area contributed by atoms with E-state index in [1.807, 2.05) is 0 Å². The van der Waals surface area contributed by atoms with Crippen LogP contribution in [0.25, 0.3) is 0 Å². The van der Waals surface area contributed by atoms with Crippen LogP contribution in [0.2, 0.25) is 0 Å². The first kappa shape index (κ1) is 9.27. The molecule has 2 atom stereocenters. The monoisotopic (exact) mass is 189 g/mol. The molecule has 66 valence electrons. The van der Waals surface area contributed by atoms with E-state index in [2.05, 4.69) is 9.17 Å². The summed E-state index contributed by atoms with van der Waals surface area (Å²) in [5.74, 6) is 0. The molecule has 1 aromatic heterocycles. The Bertz CT molecular complexity index is 266. The molecule has 1 rings (SSSR count). The van der Waals surface area contributed by atoms with Crippen LogP contribution in [0, 0.1) is 0 Å². The Morgan fingerprint density at radius 2 is 2.33 bits per heavy atom. The van der Waals surface area contributed by atoms with Crippen molar-refractivity contribution in [2.45, 2.75) is 6.29 Å². The highest BCUT2D eigenvalue weighted by Crippen LogP contribution is 2.10. The Morgan fingerprint density at radius 3 is 2.83 bits per heavy atom. The number of hydrogen-bond acceptors (Lipinski definition) is 4. The number of nitrogens with zero attached hydrogens (tertiary/aromatic N) is 1. The van der Waals surface area contributed by atoms with Crippen molar-refractivity contribution in [2.24, 2.45) is 0 Å². The molecule has 0 radical (unpaired) electrons. The standard InChI is InChI=1S/C6H7NO4S/c8-6(11-12(9)10)5-3-1-2-4-7-5/h1-4,6,8H,(H,9,10)/t6-/m0/s1. The molecule has 0 aromatic carbocycles. The van der Waals surface area contributed by atoms with E-state index < -0.39 is 17.7 Å². The van der Waals surface area contributed by atoms with E-state index in [0.29, 0.717) is 0 Å². The van der Waals surface area contributed by atoms with Crippen LogP contribution < -0.4 is 0 Å². The highest BCUT2D eigenvalue weighted by atomic mass is 32.2. The maximum Gasteiger partial charge on any atom is 0.304 e. The van der Waals surface area contributed by atoms with E-state index in [9.17, 15) is 4.21 Å². The lowest BCUT2D eigenvalue weighted by atomic mass is 10.3. The zero-order chi connectivity index (χ0) is 8.97. The Labute approximate surface area is 71.5 Å². The fourth-order valence-electron chi connectivity index (χ4n) is 0.649. The van der Waals surface area contributed by atoms with Crippen LogP contribution in [-0.4, -0.2) is 18.9 Å². The lowest BCUT2D eigenvalue weighted by Gasteiger charge is -2.05. The fraction of sp³-hybridized carbons (Fsp3) is 0.167. The molecule has 1 unspecified atom stereocenters. The fourth-order valence-corrected chi connectivity index (χ4v) is 0.904. The summed E-state index contributed by atoms with van der Waals surface area (Å²) in [5.41, 5.74) is 0.194. The zero-order valence-corrected chi connectivity index (χ0v) is 6.77. The van der Waals surface area contributed by atoms with Crippen molar-refractivity contribution >= 4 is 11.4 Å². The Morgan fingerprint density at radius 1 is 1.58 bits per heavy atom. The molecule has 0 aliphatic carbocycles. The molecule has 0 saturated carbocycles. The van der Waals surface area contributed by atoms with Crippen molar-refractivity contribution in [1.82, 2.24) is 4.98 Å². The summed E-state index contributed by atoms with van der Waals surface area (Å²) >= 11 is -2.49. The number of aliphatic hydroxyl groups is 1. The first-order valence-electron chi connectivity index (χ1n) is 3.07. The molecule has 0 aliphatic rings. The number of pyridine rings is 1. The molecule has 2 N–H and O–H groups in total. The lowest BCUT2D eigenvalue weighted by molar-refractivity contribution is -0.0184. The van der Waals surface area contributed by atoms with E-state index in [1.54, 1.807) is 12.1 Å². The summed E-state index contributed by atoms with van der Waals surface area (Å²) in [5, 5.41) is 9.05. The normalized spacial score (nSPS) is 15.5. The number of rotatable bonds is 3. The largest absolute Gasteiger partial charge is 0.362 e. The van der Waals surface area contributed by atoms with Gasteiger partial charge in [0.15, 0.2) is 0 Å². The average Bonchev–Trinajstić information content (AvgIpc) is 2.05. The first-order valence-corrected chi connectivity index (χ1v) is 4.10. The maximum absolute atomic E-state index is 10.1. The highest BCUT2D eigenvalue weighted by molar-refractivity contribution is 7.74. The van der Waals surface area contributed by atoms with Crippen LogP contribution in [-0.2, 0) is 15.5 Å². The molecule has 12 heavy (non-hydrogen) atoms. The van der Waals surface area contributed by atoms with Crippen LogP contribution in [0.15, 0.2) is 24.4 Å². The van der Waals surface area contributed by atoms with Gasteiger partial charge in [-0.15, -0.1) is 0 Å². The van der Waals surface area contributed by atoms with Crippen molar-refractivity contribution in [3.05, 3.63) is 30.1 Å². The van der Waals surface area contributed by atoms with Gasteiger partial charge in [-0.2, -0.15) is 4.21 Å². The second kappa shape index (κ2) is 4.27. The predicted molar refractivity (Wildman–Crippen MR) is 41.1 cm³/mol. The Hall–Kier alpha value is -0.820. The molecule has 0 spiro atoms. The Kier molecular flexibility index (Phi) is 3.30. The van der Waals surface area contributed by atoms with Crippen LogP contribution in [0.1, 0.15) is 12.0 Å². The van der Waals surface area contributed by atoms with Crippen molar-refractivity contribution in [3.63, 3.8) is 0 Å². The minimum atomic E-state index is -2.49. The summed E-state index contributed by atoms with van der Waals surface area (Å²) in [6, 6.07) is 4.78. The minimum absolute atomic E-state index is 0.194. The van der Waals surface area contributed by atoms with E-state index in [1.165, 1.54) is 12.3 Å². The summed E-state index contributed by atoms with van der Waals surface area (Å²) in [4.78, 5) is 3.71. The molecule has 0 bridgehead atoms. The van der Waals surface area contributed by atoms with Gasteiger partial charge < -0.3 is 5.11 Å². The van der Waals surface area contributed by atoms with Crippen molar-refractivity contribution < 1.29 is 18.1 Å². The molecular weight excluding hydrogens is 182 g/mol. The molecule has 5 nitrogen and oxygen atoms in total. The number of aromatic nitrogens is 1. The SMILES string of the molecule is O=S(O)O[C@H](O)c1ccccn1. The smallest absolute Gasteiger partial charge is 0.304 e. The lowest BCUT2D eigenvalue weighted by Crippen LogP contribution is -2.06. The third-order valence-electron chi connectivity index (χ3n) is 1.11. The van der Waals surface area contributed by atoms with Crippen LogP contribution in [0.3, 0.4) is 0 Å². The molecular formula is C6H7NO4S. The van der Waals surface area contributed by atoms with Gasteiger partial charge in [-0.3, -0.25) is 9.54 Å². The van der Waals surface area contributed by atoms with Gasteiger partial charge in [-0.25, -0.2) is 4.18 Å². The quantitative estimate of drug-likeness (QED) is 0.525. The second-order valence-corrected chi connectivity index (χ2v) is 2.55. The molecule has 1 heterocycles. The predicted octanol–water partition coefficient (Wildman–Crippen LogP) is 0.226. The third kappa shape index (κ3) is 2.67. The molecule has 1 aromatic rings. The van der Waals surface area contributed by atoms with Crippen LogP contribution in [0.4, 0.5) is 0 Å². The van der Waals surface area contributed by atoms with Crippen molar-refractivity contribution in [2.75, 3.05) is 0 Å². The highest BCUT2D eigenvalue weighted by Gasteiger charge is 2.10. The Balaban J connectivity index is 2.65. The van der Waals surface area contributed by atoms with Crippen LogP contribution in [0.5, 0.6) is 0 Å². The van der Waals surface area contributed by atoms with Gasteiger partial charge in [0.05, 0.1) is 5.69 Å². The third-order valence-corrected chi connectivity index (χ3v) is 1.46. The molecule has 0 fully saturated rings. The van der Waals surface area contributed by atoms with E-state index in [0.717, 1.165) is 0 Å². The number of aliphatic hydroxyl groups excluding tert-OH is 1. The molecule has 0 saturated heterocycles. The maximum atomic E-state index is 10.1. The van der Waals surface area contributed by atoms with Crippen LogP contribution >= 0.6 is 0 Å². The van der Waals surface area contributed by atoms with Gasteiger partial charge in [0.25, 0.3) is 0 Å². The summed E-state index contributed by atoms with van der Waals surface area (Å²) in [7, 11) is 0. The van der Waals surface area contributed by atoms with Gasteiger partial charge in [0.1, 0.15) is 0 Å². The summed E-state index contributed by atoms with van der Waals surface area (Å²) < 4.78 is 22.5. The van der Waals surface area contributed by atoms with Crippen molar-refractivity contribution in [1.29, 1.82) is 0 Å². The minimum Gasteiger partial charge on any atom is -0.362 e.